The Morgan fingerprint density at radius 1 is 0.897 bits per heavy atom. The molecule has 0 aliphatic rings. The standard InChI is InChI=1S/C24H25Cl2NO2/c1-4-28-23-13-18(14-27-22-11-16(2)9-10-17(22)3)12-21(26)24(23)29-15-19-7-5-6-8-20(19)25/h5-13,27H,4,14-15H2,1-3H3. The summed E-state index contributed by atoms with van der Waals surface area (Å²) in [5.74, 6) is 1.16. The fraction of sp³-hybridized carbons (Fsp3) is 0.250. The highest BCUT2D eigenvalue weighted by atomic mass is 35.5. The molecule has 5 heteroatoms. The third-order valence-electron chi connectivity index (χ3n) is 4.58. The van der Waals surface area contributed by atoms with Crippen LogP contribution >= 0.6 is 23.2 Å². The van der Waals surface area contributed by atoms with Crippen LogP contribution in [0.1, 0.15) is 29.2 Å². The van der Waals surface area contributed by atoms with Crippen LogP contribution in [0.2, 0.25) is 10.0 Å². The predicted molar refractivity (Wildman–Crippen MR) is 122 cm³/mol. The molecule has 0 aliphatic carbocycles. The van der Waals surface area contributed by atoms with Crippen LogP contribution in [0.5, 0.6) is 11.5 Å². The Balaban J connectivity index is 1.78. The van der Waals surface area contributed by atoms with Crippen molar-refractivity contribution in [3.05, 3.63) is 86.9 Å². The van der Waals surface area contributed by atoms with Crippen LogP contribution in [-0.2, 0) is 13.2 Å². The van der Waals surface area contributed by atoms with E-state index in [9.17, 15) is 0 Å². The van der Waals surface area contributed by atoms with Gasteiger partial charge in [-0.25, -0.2) is 0 Å². The average molecular weight is 430 g/mol. The fourth-order valence-electron chi connectivity index (χ4n) is 3.02. The summed E-state index contributed by atoms with van der Waals surface area (Å²) in [7, 11) is 0. The van der Waals surface area contributed by atoms with Crippen LogP contribution < -0.4 is 14.8 Å². The van der Waals surface area contributed by atoms with Gasteiger partial charge in [0.15, 0.2) is 11.5 Å². The zero-order valence-corrected chi connectivity index (χ0v) is 18.4. The Hall–Kier alpha value is -2.36. The molecule has 0 radical (unpaired) electrons. The molecule has 0 spiro atoms. The molecule has 0 saturated carbocycles. The van der Waals surface area contributed by atoms with Gasteiger partial charge in [-0.3, -0.25) is 0 Å². The smallest absolute Gasteiger partial charge is 0.180 e. The van der Waals surface area contributed by atoms with Gasteiger partial charge in [-0.15, -0.1) is 0 Å². The molecule has 3 aromatic carbocycles. The lowest BCUT2D eigenvalue weighted by Gasteiger charge is -2.17. The summed E-state index contributed by atoms with van der Waals surface area (Å²) in [5, 5.41) is 4.66. The second kappa shape index (κ2) is 9.91. The van der Waals surface area contributed by atoms with Crippen molar-refractivity contribution in [3.63, 3.8) is 0 Å². The van der Waals surface area contributed by atoms with Gasteiger partial charge in [-0.2, -0.15) is 0 Å². The highest BCUT2D eigenvalue weighted by Crippen LogP contribution is 2.38. The topological polar surface area (TPSA) is 30.5 Å². The van der Waals surface area contributed by atoms with Crippen LogP contribution in [0.4, 0.5) is 5.69 Å². The van der Waals surface area contributed by atoms with Gasteiger partial charge in [0.2, 0.25) is 0 Å². The fourth-order valence-corrected chi connectivity index (χ4v) is 3.49. The number of rotatable bonds is 8. The lowest BCUT2D eigenvalue weighted by molar-refractivity contribution is 0.269. The number of halogens is 2. The van der Waals surface area contributed by atoms with Crippen molar-refractivity contribution >= 4 is 28.9 Å². The number of nitrogens with one attached hydrogen (secondary N) is 1. The first-order valence-corrected chi connectivity index (χ1v) is 10.4. The van der Waals surface area contributed by atoms with Gasteiger partial charge >= 0.3 is 0 Å². The van der Waals surface area contributed by atoms with Gasteiger partial charge < -0.3 is 14.8 Å². The molecule has 152 valence electrons. The zero-order chi connectivity index (χ0) is 20.8. The summed E-state index contributed by atoms with van der Waals surface area (Å²) in [6.45, 7) is 7.58. The van der Waals surface area contributed by atoms with Crippen molar-refractivity contribution in [2.24, 2.45) is 0 Å². The molecule has 0 fully saturated rings. The van der Waals surface area contributed by atoms with E-state index < -0.39 is 0 Å². The highest BCUT2D eigenvalue weighted by molar-refractivity contribution is 6.32. The van der Waals surface area contributed by atoms with Crippen molar-refractivity contribution in [1.29, 1.82) is 0 Å². The molecule has 0 unspecified atom stereocenters. The van der Waals surface area contributed by atoms with Crippen molar-refractivity contribution in [2.45, 2.75) is 33.9 Å². The molecule has 0 amide bonds. The monoisotopic (exact) mass is 429 g/mol. The van der Waals surface area contributed by atoms with E-state index in [-0.39, 0.29) is 0 Å². The van der Waals surface area contributed by atoms with Crippen molar-refractivity contribution in [2.75, 3.05) is 11.9 Å². The number of anilines is 1. The normalized spacial score (nSPS) is 10.7. The molecule has 3 aromatic rings. The molecule has 3 nitrogen and oxygen atoms in total. The first kappa shape index (κ1) is 21.4. The van der Waals surface area contributed by atoms with Crippen LogP contribution in [0.15, 0.2) is 54.6 Å². The maximum atomic E-state index is 6.55. The number of benzene rings is 3. The van der Waals surface area contributed by atoms with Crippen LogP contribution in [0.3, 0.4) is 0 Å². The van der Waals surface area contributed by atoms with Gasteiger partial charge in [0.25, 0.3) is 0 Å². The summed E-state index contributed by atoms with van der Waals surface area (Å²) in [5.41, 5.74) is 5.44. The van der Waals surface area contributed by atoms with Crippen molar-refractivity contribution < 1.29 is 9.47 Å². The summed E-state index contributed by atoms with van der Waals surface area (Å²) in [6.07, 6.45) is 0. The van der Waals surface area contributed by atoms with Crippen LogP contribution in [-0.4, -0.2) is 6.61 Å². The van der Waals surface area contributed by atoms with Crippen molar-refractivity contribution in [1.82, 2.24) is 0 Å². The van der Waals surface area contributed by atoms with Crippen molar-refractivity contribution in [3.8, 4) is 11.5 Å². The highest BCUT2D eigenvalue weighted by Gasteiger charge is 2.14. The van der Waals surface area contributed by atoms with Crippen LogP contribution in [0.25, 0.3) is 0 Å². The lowest BCUT2D eigenvalue weighted by Crippen LogP contribution is -2.05. The lowest BCUT2D eigenvalue weighted by atomic mass is 10.1. The number of ether oxygens (including phenoxy) is 2. The minimum atomic E-state index is 0.319. The minimum absolute atomic E-state index is 0.319. The predicted octanol–water partition coefficient (Wildman–Crippen LogP) is 7.20. The quantitative estimate of drug-likeness (QED) is 0.410. The summed E-state index contributed by atoms with van der Waals surface area (Å²) in [6, 6.07) is 17.8. The second-order valence-electron chi connectivity index (χ2n) is 6.89. The molecule has 0 heterocycles. The van der Waals surface area contributed by atoms with E-state index in [1.54, 1.807) is 0 Å². The number of hydrogen-bond acceptors (Lipinski definition) is 3. The zero-order valence-electron chi connectivity index (χ0n) is 16.9. The first-order chi connectivity index (χ1) is 14.0. The maximum Gasteiger partial charge on any atom is 0.180 e. The first-order valence-electron chi connectivity index (χ1n) is 9.60. The Morgan fingerprint density at radius 3 is 2.45 bits per heavy atom. The molecule has 0 bridgehead atoms. The van der Waals surface area contributed by atoms with E-state index in [0.717, 1.165) is 16.8 Å². The molecule has 0 saturated heterocycles. The molecule has 0 aliphatic heterocycles. The third kappa shape index (κ3) is 5.59. The van der Waals surface area contributed by atoms with Gasteiger partial charge in [0.05, 0.1) is 11.6 Å². The van der Waals surface area contributed by atoms with E-state index in [4.69, 9.17) is 32.7 Å². The second-order valence-corrected chi connectivity index (χ2v) is 7.70. The molecule has 0 aromatic heterocycles. The summed E-state index contributed by atoms with van der Waals surface area (Å²) >= 11 is 12.8. The SMILES string of the molecule is CCOc1cc(CNc2cc(C)ccc2C)cc(Cl)c1OCc1ccccc1Cl. The van der Waals surface area contributed by atoms with Gasteiger partial charge in [-0.1, -0.05) is 53.5 Å². The molecular weight excluding hydrogens is 405 g/mol. The van der Waals surface area contributed by atoms with E-state index >= 15 is 0 Å². The van der Waals surface area contributed by atoms with E-state index in [2.05, 4.69) is 37.4 Å². The molecule has 29 heavy (non-hydrogen) atoms. The largest absolute Gasteiger partial charge is 0.490 e. The Morgan fingerprint density at radius 2 is 1.69 bits per heavy atom. The van der Waals surface area contributed by atoms with Gasteiger partial charge in [-0.05, 0) is 61.7 Å². The summed E-state index contributed by atoms with van der Waals surface area (Å²) < 4.78 is 11.8. The number of hydrogen-bond donors (Lipinski definition) is 1. The average Bonchev–Trinajstić information content (AvgIpc) is 2.69. The number of aryl methyl sites for hydroxylation is 2. The minimum Gasteiger partial charge on any atom is -0.490 e. The molecule has 0 atom stereocenters. The Kier molecular flexibility index (Phi) is 7.29. The van der Waals surface area contributed by atoms with Gasteiger partial charge in [0, 0.05) is 22.8 Å². The van der Waals surface area contributed by atoms with E-state index in [1.807, 2.05) is 43.3 Å². The molecule has 3 rings (SSSR count). The Labute approximate surface area is 182 Å². The third-order valence-corrected chi connectivity index (χ3v) is 5.22. The Bertz CT molecular complexity index is 989. The van der Waals surface area contributed by atoms with E-state index in [1.165, 1.54) is 11.1 Å². The van der Waals surface area contributed by atoms with Gasteiger partial charge in [0.1, 0.15) is 6.61 Å². The van der Waals surface area contributed by atoms with E-state index in [0.29, 0.717) is 41.3 Å². The maximum absolute atomic E-state index is 6.55. The van der Waals surface area contributed by atoms with Crippen LogP contribution in [0, 0.1) is 13.8 Å². The molecular formula is C24H25Cl2NO2. The summed E-state index contributed by atoms with van der Waals surface area (Å²) in [4.78, 5) is 0. The molecule has 1 N–H and O–H groups in total.